The number of primary amides is 1. The summed E-state index contributed by atoms with van der Waals surface area (Å²) in [6.07, 6.45) is -4.85. The first-order valence-electron chi connectivity index (χ1n) is 6.04. The van der Waals surface area contributed by atoms with Gasteiger partial charge in [-0.15, -0.1) is 0 Å². The average molecular weight is 313 g/mol. The van der Waals surface area contributed by atoms with Crippen molar-refractivity contribution in [1.29, 1.82) is 0 Å². The molecule has 0 saturated carbocycles. The van der Waals surface area contributed by atoms with Crippen LogP contribution in [0.25, 0.3) is 0 Å². The average Bonchev–Trinajstić information content (AvgIpc) is 2.32. The number of hydrogen-bond acceptors (Lipinski definition) is 3. The summed E-state index contributed by atoms with van der Waals surface area (Å²) in [6, 6.07) is -2.46. The summed E-state index contributed by atoms with van der Waals surface area (Å²) in [5.41, 5.74) is 1.40. The minimum Gasteiger partial charge on any atom is -0.479 e. The third kappa shape index (κ3) is 4.50. The zero-order valence-electron chi connectivity index (χ0n) is 11.7. The molecule has 0 aliphatic carbocycles. The fourth-order valence-electron chi connectivity index (χ4n) is 1.42. The monoisotopic (exact) mass is 313 g/mol. The van der Waals surface area contributed by atoms with E-state index in [0.717, 1.165) is 0 Å². The van der Waals surface area contributed by atoms with Gasteiger partial charge in [0.2, 0.25) is 11.4 Å². The highest BCUT2D eigenvalue weighted by Crippen LogP contribution is 2.30. The van der Waals surface area contributed by atoms with Crippen LogP contribution in [0.2, 0.25) is 0 Å². The van der Waals surface area contributed by atoms with Crippen LogP contribution in [0.15, 0.2) is 0 Å². The van der Waals surface area contributed by atoms with Crippen molar-refractivity contribution in [2.75, 3.05) is 0 Å². The van der Waals surface area contributed by atoms with Crippen LogP contribution in [0.1, 0.15) is 27.2 Å². The van der Waals surface area contributed by atoms with Gasteiger partial charge in [-0.2, -0.15) is 13.2 Å². The molecule has 0 aromatic rings. The van der Waals surface area contributed by atoms with Gasteiger partial charge >= 0.3 is 18.2 Å². The Morgan fingerprint density at radius 1 is 1.29 bits per heavy atom. The fourth-order valence-corrected chi connectivity index (χ4v) is 1.42. The largest absolute Gasteiger partial charge is 0.479 e. The first kappa shape index (κ1) is 19.0. The summed E-state index contributed by atoms with van der Waals surface area (Å²) in [5.74, 6) is -4.07. The van der Waals surface area contributed by atoms with Gasteiger partial charge in [0.1, 0.15) is 6.04 Å². The maximum atomic E-state index is 12.8. The maximum Gasteiger partial charge on any atom is 0.422 e. The van der Waals surface area contributed by atoms with E-state index in [2.05, 4.69) is 0 Å². The van der Waals surface area contributed by atoms with Gasteiger partial charge in [0, 0.05) is 0 Å². The van der Waals surface area contributed by atoms with E-state index >= 15 is 0 Å². The van der Waals surface area contributed by atoms with Gasteiger partial charge in [-0.1, -0.05) is 20.3 Å². The van der Waals surface area contributed by atoms with Crippen molar-refractivity contribution < 1.29 is 32.7 Å². The predicted octanol–water partition coefficient (Wildman–Crippen LogP) is 0.591. The molecule has 0 aromatic carbocycles. The van der Waals surface area contributed by atoms with Crippen molar-refractivity contribution in [3.05, 3.63) is 0 Å². The number of alkyl halides is 3. The zero-order valence-corrected chi connectivity index (χ0v) is 11.7. The number of hydrogen-bond donors (Lipinski definition) is 4. The van der Waals surface area contributed by atoms with E-state index in [-0.39, 0.29) is 0 Å². The molecule has 10 heteroatoms. The highest BCUT2D eigenvalue weighted by molar-refractivity contribution is 5.92. The van der Waals surface area contributed by atoms with Crippen LogP contribution in [0.3, 0.4) is 0 Å². The lowest BCUT2D eigenvalue weighted by molar-refractivity contribution is -0.207. The fraction of sp³-hybridized carbons (Fsp3) is 0.727. The molecule has 0 aliphatic heterocycles. The van der Waals surface area contributed by atoms with E-state index in [9.17, 15) is 27.6 Å². The molecule has 3 atom stereocenters. The Labute approximate surface area is 119 Å². The summed E-state index contributed by atoms with van der Waals surface area (Å²) in [7, 11) is 0. The third-order valence-corrected chi connectivity index (χ3v) is 3.16. The maximum absolute atomic E-state index is 12.8. The lowest BCUT2D eigenvalue weighted by Crippen LogP contribution is -2.65. The Morgan fingerprint density at radius 3 is 2.05 bits per heavy atom. The predicted molar refractivity (Wildman–Crippen MR) is 66.2 cm³/mol. The lowest BCUT2D eigenvalue weighted by atomic mass is 9.95. The number of carbonyl (C=O) groups excluding carboxylic acids is 2. The van der Waals surface area contributed by atoms with Crippen LogP contribution >= 0.6 is 0 Å². The highest BCUT2D eigenvalue weighted by atomic mass is 19.4. The second-order valence-electron chi connectivity index (χ2n) is 4.79. The van der Waals surface area contributed by atoms with Crippen molar-refractivity contribution in [3.8, 4) is 0 Å². The molecule has 21 heavy (non-hydrogen) atoms. The molecule has 0 fully saturated rings. The number of urea groups is 1. The molecule has 7 nitrogen and oxygen atoms in total. The molecule has 0 rings (SSSR count). The van der Waals surface area contributed by atoms with Crippen LogP contribution in [0, 0.1) is 5.92 Å². The lowest BCUT2D eigenvalue weighted by Gasteiger charge is -2.31. The normalized spacial score (nSPS) is 17.2. The molecule has 3 unspecified atom stereocenters. The number of nitrogens with two attached hydrogens (primary N) is 1. The first-order chi connectivity index (χ1) is 9.36. The van der Waals surface area contributed by atoms with E-state index in [1.165, 1.54) is 12.2 Å². The minimum absolute atomic E-state index is 0.325. The van der Waals surface area contributed by atoms with Gasteiger partial charge in [-0.05, 0) is 12.8 Å². The van der Waals surface area contributed by atoms with Crippen LogP contribution in [0.4, 0.5) is 18.0 Å². The smallest absolute Gasteiger partial charge is 0.422 e. The van der Waals surface area contributed by atoms with Crippen molar-refractivity contribution in [2.45, 2.75) is 44.9 Å². The molecule has 3 amide bonds. The summed E-state index contributed by atoms with van der Waals surface area (Å²) in [5, 5.41) is 12.2. The topological polar surface area (TPSA) is 122 Å². The van der Waals surface area contributed by atoms with Crippen molar-refractivity contribution in [1.82, 2.24) is 10.6 Å². The number of carboxylic acid groups (broad SMARTS) is 1. The SMILES string of the molecule is CCC(C)C(NC(N)=O)C(=O)NC(C)(C(=O)O)C(F)(F)F. The van der Waals surface area contributed by atoms with E-state index in [0.29, 0.717) is 13.3 Å². The van der Waals surface area contributed by atoms with Gasteiger partial charge in [0.25, 0.3) is 0 Å². The standard InChI is InChI=1S/C11H18F3N3O4/c1-4-5(2)6(16-9(15)21)7(18)17-10(3,8(19)20)11(12,13)14/h5-6H,4H2,1-3H3,(H,17,18)(H,19,20)(H3,15,16,21). The van der Waals surface area contributed by atoms with E-state index in [1.807, 2.05) is 5.32 Å². The number of amides is 3. The van der Waals surface area contributed by atoms with Gasteiger partial charge < -0.3 is 21.5 Å². The van der Waals surface area contributed by atoms with Crippen LogP contribution < -0.4 is 16.4 Å². The van der Waals surface area contributed by atoms with Crippen LogP contribution in [0.5, 0.6) is 0 Å². The van der Waals surface area contributed by atoms with Gasteiger partial charge in [0.15, 0.2) is 0 Å². The highest BCUT2D eigenvalue weighted by Gasteiger charge is 2.59. The van der Waals surface area contributed by atoms with E-state index in [4.69, 9.17) is 10.8 Å². The summed E-state index contributed by atoms with van der Waals surface area (Å²) in [4.78, 5) is 33.6. The second-order valence-corrected chi connectivity index (χ2v) is 4.79. The third-order valence-electron chi connectivity index (χ3n) is 3.16. The van der Waals surface area contributed by atoms with Crippen LogP contribution in [-0.4, -0.2) is 40.8 Å². The van der Waals surface area contributed by atoms with Gasteiger partial charge in [-0.25, -0.2) is 9.59 Å². The molecule has 0 bridgehead atoms. The Hall–Kier alpha value is -2.00. The minimum atomic E-state index is -5.21. The van der Waals surface area contributed by atoms with Crippen LogP contribution in [-0.2, 0) is 9.59 Å². The summed E-state index contributed by atoms with van der Waals surface area (Å²) >= 11 is 0. The Kier molecular flexibility index (Phi) is 6.00. The number of rotatable bonds is 6. The molecule has 0 radical (unpaired) electrons. The molecular formula is C11H18F3N3O4. The summed E-state index contributed by atoms with van der Waals surface area (Å²) < 4.78 is 38.5. The summed E-state index contributed by atoms with van der Waals surface area (Å²) in [6.45, 7) is 3.48. The van der Waals surface area contributed by atoms with Crippen molar-refractivity contribution >= 4 is 17.9 Å². The van der Waals surface area contributed by atoms with Crippen molar-refractivity contribution in [2.24, 2.45) is 11.7 Å². The first-order valence-corrected chi connectivity index (χ1v) is 6.04. The van der Waals surface area contributed by atoms with Gasteiger partial charge in [-0.3, -0.25) is 4.79 Å². The molecule has 122 valence electrons. The molecule has 0 saturated heterocycles. The molecule has 0 aromatic heterocycles. The van der Waals surface area contributed by atoms with Gasteiger partial charge in [0.05, 0.1) is 0 Å². The Morgan fingerprint density at radius 2 is 1.76 bits per heavy atom. The molecule has 5 N–H and O–H groups in total. The Balaban J connectivity index is 5.37. The number of carbonyl (C=O) groups is 3. The van der Waals surface area contributed by atoms with E-state index < -0.39 is 41.6 Å². The number of aliphatic carboxylic acids is 1. The second kappa shape index (κ2) is 6.64. The number of halogens is 3. The zero-order chi connectivity index (χ0) is 17.0. The van der Waals surface area contributed by atoms with Crippen molar-refractivity contribution in [3.63, 3.8) is 0 Å². The Bertz CT molecular complexity index is 427. The molecular weight excluding hydrogens is 295 g/mol. The quantitative estimate of drug-likeness (QED) is 0.573. The molecule has 0 spiro atoms. The number of carboxylic acids is 1. The molecule has 0 heterocycles. The number of nitrogens with one attached hydrogen (secondary N) is 2. The van der Waals surface area contributed by atoms with E-state index in [1.54, 1.807) is 6.92 Å². The molecule has 0 aliphatic rings.